The summed E-state index contributed by atoms with van der Waals surface area (Å²) in [5, 5.41) is 4.29. The van der Waals surface area contributed by atoms with E-state index in [1.807, 2.05) is 42.5 Å². The lowest BCUT2D eigenvalue weighted by molar-refractivity contribution is 0.0719. The summed E-state index contributed by atoms with van der Waals surface area (Å²) < 4.78 is 1.80. The van der Waals surface area contributed by atoms with Crippen LogP contribution in [0.15, 0.2) is 61.1 Å². The first-order chi connectivity index (χ1) is 11.7. The van der Waals surface area contributed by atoms with Crippen molar-refractivity contribution < 1.29 is 4.79 Å². The van der Waals surface area contributed by atoms with Crippen LogP contribution in [0.4, 0.5) is 0 Å². The van der Waals surface area contributed by atoms with Crippen molar-refractivity contribution in [3.8, 4) is 0 Å². The summed E-state index contributed by atoms with van der Waals surface area (Å²) in [6.45, 7) is 1.25. The first-order valence-electron chi connectivity index (χ1n) is 7.99. The van der Waals surface area contributed by atoms with Gasteiger partial charge in [0.25, 0.3) is 5.91 Å². The maximum atomic E-state index is 12.8. The predicted octanol–water partition coefficient (Wildman–Crippen LogP) is 2.60. The molecule has 0 aliphatic carbocycles. The van der Waals surface area contributed by atoms with E-state index in [1.54, 1.807) is 16.9 Å². The molecular weight excluding hydrogens is 300 g/mol. The summed E-state index contributed by atoms with van der Waals surface area (Å²) in [7, 11) is 1.91. The lowest BCUT2D eigenvalue weighted by Crippen LogP contribution is -2.38. The number of pyridine rings is 1. The molecule has 0 saturated heterocycles. The van der Waals surface area contributed by atoms with Gasteiger partial charge in [0.05, 0.1) is 6.20 Å². The van der Waals surface area contributed by atoms with Crippen molar-refractivity contribution in [2.24, 2.45) is 7.05 Å². The zero-order valence-corrected chi connectivity index (χ0v) is 13.5. The van der Waals surface area contributed by atoms with Crippen LogP contribution < -0.4 is 0 Å². The Morgan fingerprint density at radius 1 is 1.17 bits per heavy atom. The smallest absolute Gasteiger partial charge is 0.272 e. The number of rotatable bonds is 2. The summed E-state index contributed by atoms with van der Waals surface area (Å²) in [5.74, 6) is 0.107. The number of nitrogens with zero attached hydrogens (tertiary/aromatic N) is 4. The van der Waals surface area contributed by atoms with Gasteiger partial charge in [-0.05, 0) is 28.8 Å². The molecule has 0 fully saturated rings. The Hall–Kier alpha value is -2.95. The molecule has 120 valence electrons. The zero-order valence-electron chi connectivity index (χ0n) is 13.5. The van der Waals surface area contributed by atoms with Crippen LogP contribution in [0, 0.1) is 0 Å². The molecule has 2 aromatic heterocycles. The van der Waals surface area contributed by atoms with Gasteiger partial charge in [-0.1, -0.05) is 30.3 Å². The van der Waals surface area contributed by atoms with E-state index in [0.717, 1.165) is 5.56 Å². The Kier molecular flexibility index (Phi) is 3.61. The molecule has 1 aliphatic rings. The highest BCUT2D eigenvalue weighted by Gasteiger charge is 2.30. The highest BCUT2D eigenvalue weighted by atomic mass is 16.2. The minimum Gasteiger partial charge on any atom is -0.332 e. The summed E-state index contributed by atoms with van der Waals surface area (Å²) in [5.41, 5.74) is 4.07. The van der Waals surface area contributed by atoms with Crippen molar-refractivity contribution in [1.29, 1.82) is 0 Å². The van der Waals surface area contributed by atoms with Crippen LogP contribution in [0.1, 0.15) is 33.1 Å². The van der Waals surface area contributed by atoms with Crippen LogP contribution in [-0.2, 0) is 13.6 Å². The van der Waals surface area contributed by atoms with Gasteiger partial charge >= 0.3 is 0 Å². The Bertz CT molecular complexity index is 872. The third-order valence-electron chi connectivity index (χ3n) is 4.49. The zero-order chi connectivity index (χ0) is 16.5. The normalized spacial score (nSPS) is 16.7. The number of aromatic nitrogens is 3. The molecule has 1 aliphatic heterocycles. The van der Waals surface area contributed by atoms with Gasteiger partial charge in [0.1, 0.15) is 5.69 Å². The molecule has 0 radical (unpaired) electrons. The van der Waals surface area contributed by atoms with E-state index in [2.05, 4.69) is 28.3 Å². The molecule has 1 amide bonds. The van der Waals surface area contributed by atoms with Gasteiger partial charge in [-0.15, -0.1) is 0 Å². The Morgan fingerprint density at radius 2 is 2.00 bits per heavy atom. The molecule has 0 bridgehead atoms. The van der Waals surface area contributed by atoms with Crippen molar-refractivity contribution >= 4 is 5.91 Å². The molecule has 0 saturated carbocycles. The molecule has 1 unspecified atom stereocenters. The largest absolute Gasteiger partial charge is 0.332 e. The Morgan fingerprint density at radius 3 is 2.75 bits per heavy atom. The van der Waals surface area contributed by atoms with Gasteiger partial charge < -0.3 is 4.90 Å². The maximum Gasteiger partial charge on any atom is 0.272 e. The van der Waals surface area contributed by atoms with E-state index in [1.165, 1.54) is 11.1 Å². The molecule has 0 N–H and O–H groups in total. The fourth-order valence-corrected chi connectivity index (χ4v) is 3.32. The van der Waals surface area contributed by atoms with E-state index in [0.29, 0.717) is 18.8 Å². The fraction of sp³-hybridized carbons (Fsp3) is 0.211. The Labute approximate surface area is 140 Å². The second-order valence-corrected chi connectivity index (χ2v) is 6.10. The van der Waals surface area contributed by atoms with Crippen LogP contribution >= 0.6 is 0 Å². The van der Waals surface area contributed by atoms with Crippen LogP contribution in [-0.4, -0.2) is 32.1 Å². The van der Waals surface area contributed by atoms with Gasteiger partial charge in [0.15, 0.2) is 0 Å². The molecule has 1 aromatic carbocycles. The predicted molar refractivity (Wildman–Crippen MR) is 90.5 cm³/mol. The molecular formula is C19H18N4O. The SMILES string of the molecule is Cn1cc(C2CN(C(=O)c3ccccn3)Cc3ccccc32)cn1. The standard InChI is InChI=1S/C19H18N4O/c1-22-11-15(10-21-22)17-13-23(12-14-6-2-3-7-16(14)17)19(24)18-8-4-5-9-20-18/h2-11,17H,12-13H2,1H3. The number of hydrogen-bond acceptors (Lipinski definition) is 3. The molecule has 1 atom stereocenters. The number of hydrogen-bond donors (Lipinski definition) is 0. The molecule has 5 nitrogen and oxygen atoms in total. The fourth-order valence-electron chi connectivity index (χ4n) is 3.32. The molecule has 3 heterocycles. The first-order valence-corrected chi connectivity index (χ1v) is 7.99. The van der Waals surface area contributed by atoms with Crippen molar-refractivity contribution in [2.45, 2.75) is 12.5 Å². The maximum absolute atomic E-state index is 12.8. The highest BCUT2D eigenvalue weighted by Crippen LogP contribution is 2.33. The number of carbonyl (C=O) groups is 1. The summed E-state index contributed by atoms with van der Waals surface area (Å²) in [6, 6.07) is 13.7. The lowest BCUT2D eigenvalue weighted by Gasteiger charge is -2.34. The monoisotopic (exact) mass is 318 g/mol. The molecule has 5 heteroatoms. The third kappa shape index (κ3) is 2.58. The van der Waals surface area contributed by atoms with Gasteiger partial charge in [-0.25, -0.2) is 0 Å². The second kappa shape index (κ2) is 5.92. The van der Waals surface area contributed by atoms with Crippen molar-refractivity contribution in [3.63, 3.8) is 0 Å². The van der Waals surface area contributed by atoms with Crippen LogP contribution in [0.3, 0.4) is 0 Å². The van der Waals surface area contributed by atoms with E-state index >= 15 is 0 Å². The number of aryl methyl sites for hydroxylation is 1. The number of amides is 1. The number of carbonyl (C=O) groups excluding carboxylic acids is 1. The van der Waals surface area contributed by atoms with Crippen molar-refractivity contribution in [2.75, 3.05) is 6.54 Å². The minimum atomic E-state index is -0.0287. The summed E-state index contributed by atoms with van der Waals surface area (Å²) in [4.78, 5) is 18.9. The van der Waals surface area contributed by atoms with Gasteiger partial charge in [0.2, 0.25) is 0 Å². The number of benzene rings is 1. The topological polar surface area (TPSA) is 51.0 Å². The van der Waals surface area contributed by atoms with E-state index < -0.39 is 0 Å². The van der Waals surface area contributed by atoms with Crippen molar-refractivity contribution in [1.82, 2.24) is 19.7 Å². The molecule has 4 rings (SSSR count). The second-order valence-electron chi connectivity index (χ2n) is 6.10. The first kappa shape index (κ1) is 14.6. The van der Waals surface area contributed by atoms with Gasteiger partial charge in [-0.2, -0.15) is 5.10 Å². The van der Waals surface area contributed by atoms with Crippen LogP contribution in [0.2, 0.25) is 0 Å². The molecule has 0 spiro atoms. The van der Waals surface area contributed by atoms with Gasteiger partial charge in [0, 0.05) is 38.4 Å². The lowest BCUT2D eigenvalue weighted by atomic mass is 9.86. The summed E-state index contributed by atoms with van der Waals surface area (Å²) in [6.07, 6.45) is 5.57. The summed E-state index contributed by atoms with van der Waals surface area (Å²) >= 11 is 0. The average Bonchev–Trinajstić information content (AvgIpc) is 3.07. The van der Waals surface area contributed by atoms with Crippen LogP contribution in [0.25, 0.3) is 0 Å². The highest BCUT2D eigenvalue weighted by molar-refractivity contribution is 5.92. The molecule has 24 heavy (non-hydrogen) atoms. The molecule has 3 aromatic rings. The Balaban J connectivity index is 1.71. The average molecular weight is 318 g/mol. The quantitative estimate of drug-likeness (QED) is 0.730. The van der Waals surface area contributed by atoms with Crippen LogP contribution in [0.5, 0.6) is 0 Å². The van der Waals surface area contributed by atoms with E-state index in [4.69, 9.17) is 0 Å². The van der Waals surface area contributed by atoms with E-state index in [9.17, 15) is 4.79 Å². The minimum absolute atomic E-state index is 0.0287. The number of fused-ring (bicyclic) bond motifs is 1. The van der Waals surface area contributed by atoms with Crippen molar-refractivity contribution in [3.05, 3.63) is 83.4 Å². The van der Waals surface area contributed by atoms with E-state index in [-0.39, 0.29) is 11.8 Å². The van der Waals surface area contributed by atoms with Gasteiger partial charge in [-0.3, -0.25) is 14.5 Å². The third-order valence-corrected chi connectivity index (χ3v) is 4.49.